The SMILES string of the molecule is COC(=O)[C@@H](CC(C)C)NC(=O)CSc1n[nH]c(-c2ccncc2)n1. The second kappa shape index (κ2) is 9.16. The number of hydrogen-bond donors (Lipinski definition) is 2. The summed E-state index contributed by atoms with van der Waals surface area (Å²) in [6.07, 6.45) is 3.86. The fraction of sp³-hybridized carbons (Fsp3) is 0.438. The molecule has 2 heterocycles. The Morgan fingerprint density at radius 1 is 1.32 bits per heavy atom. The van der Waals surface area contributed by atoms with Crippen molar-refractivity contribution in [1.29, 1.82) is 0 Å². The Labute approximate surface area is 150 Å². The highest BCUT2D eigenvalue weighted by molar-refractivity contribution is 7.99. The van der Waals surface area contributed by atoms with E-state index in [0.29, 0.717) is 17.4 Å². The fourth-order valence-corrected chi connectivity index (χ4v) is 2.75. The lowest BCUT2D eigenvalue weighted by molar-refractivity contribution is -0.145. The maximum atomic E-state index is 12.1. The third-order valence-electron chi connectivity index (χ3n) is 3.28. The van der Waals surface area contributed by atoms with E-state index in [9.17, 15) is 9.59 Å². The molecule has 0 unspecified atom stereocenters. The standard InChI is InChI=1S/C16H21N5O3S/c1-10(2)8-12(15(23)24-3)18-13(22)9-25-16-19-14(20-21-16)11-4-6-17-7-5-11/h4-7,10,12H,8-9H2,1-3H3,(H,18,22)(H,19,20,21)/t12-/m1/s1. The number of rotatable bonds is 8. The number of carbonyl (C=O) groups is 2. The van der Waals surface area contributed by atoms with Crippen LogP contribution < -0.4 is 5.32 Å². The molecule has 2 aromatic heterocycles. The van der Waals surface area contributed by atoms with Gasteiger partial charge in [0.2, 0.25) is 11.1 Å². The van der Waals surface area contributed by atoms with Gasteiger partial charge in [-0.25, -0.2) is 9.78 Å². The Bertz CT molecular complexity index is 705. The van der Waals surface area contributed by atoms with E-state index >= 15 is 0 Å². The van der Waals surface area contributed by atoms with Crippen LogP contribution in [0.4, 0.5) is 0 Å². The molecule has 0 saturated heterocycles. The Morgan fingerprint density at radius 2 is 2.04 bits per heavy atom. The summed E-state index contributed by atoms with van der Waals surface area (Å²) in [6.45, 7) is 3.95. The molecule has 0 fully saturated rings. The number of aromatic nitrogens is 4. The van der Waals surface area contributed by atoms with Crippen molar-refractivity contribution in [1.82, 2.24) is 25.5 Å². The summed E-state index contributed by atoms with van der Waals surface area (Å²) in [5.41, 5.74) is 0.862. The van der Waals surface area contributed by atoms with E-state index < -0.39 is 12.0 Å². The number of pyridine rings is 1. The molecule has 9 heteroatoms. The van der Waals surface area contributed by atoms with Crippen LogP contribution in [0.5, 0.6) is 0 Å². The zero-order chi connectivity index (χ0) is 18.2. The van der Waals surface area contributed by atoms with E-state index in [4.69, 9.17) is 4.74 Å². The summed E-state index contributed by atoms with van der Waals surface area (Å²) in [6, 6.07) is 2.99. The summed E-state index contributed by atoms with van der Waals surface area (Å²) in [7, 11) is 1.31. The van der Waals surface area contributed by atoms with Gasteiger partial charge in [-0.1, -0.05) is 25.6 Å². The summed E-state index contributed by atoms with van der Waals surface area (Å²) in [5, 5.41) is 10.1. The minimum atomic E-state index is -0.641. The first-order valence-corrected chi connectivity index (χ1v) is 8.81. The number of ether oxygens (including phenoxy) is 1. The third kappa shape index (κ3) is 5.86. The number of nitrogens with zero attached hydrogens (tertiary/aromatic N) is 3. The fourth-order valence-electron chi connectivity index (χ4n) is 2.14. The average molecular weight is 363 g/mol. The van der Waals surface area contributed by atoms with Gasteiger partial charge >= 0.3 is 5.97 Å². The van der Waals surface area contributed by atoms with Gasteiger partial charge in [0.15, 0.2) is 5.82 Å². The molecule has 0 bridgehead atoms. The van der Waals surface area contributed by atoms with Crippen molar-refractivity contribution in [2.75, 3.05) is 12.9 Å². The molecule has 0 aliphatic carbocycles. The van der Waals surface area contributed by atoms with Crippen LogP contribution in [0.2, 0.25) is 0 Å². The molecular formula is C16H21N5O3S. The highest BCUT2D eigenvalue weighted by Crippen LogP contribution is 2.18. The molecule has 0 aliphatic heterocycles. The molecule has 2 N–H and O–H groups in total. The van der Waals surface area contributed by atoms with Crippen LogP contribution in [0.25, 0.3) is 11.4 Å². The van der Waals surface area contributed by atoms with Crippen molar-refractivity contribution in [2.45, 2.75) is 31.5 Å². The number of aromatic amines is 1. The zero-order valence-corrected chi connectivity index (χ0v) is 15.2. The monoisotopic (exact) mass is 363 g/mol. The van der Waals surface area contributed by atoms with Crippen LogP contribution in [-0.2, 0) is 14.3 Å². The van der Waals surface area contributed by atoms with Crippen molar-refractivity contribution in [2.24, 2.45) is 5.92 Å². The number of H-pyrrole nitrogens is 1. The molecule has 1 amide bonds. The topological polar surface area (TPSA) is 110 Å². The first-order chi connectivity index (χ1) is 12.0. The summed E-state index contributed by atoms with van der Waals surface area (Å²) < 4.78 is 4.73. The van der Waals surface area contributed by atoms with E-state index in [1.807, 2.05) is 26.0 Å². The van der Waals surface area contributed by atoms with Crippen LogP contribution >= 0.6 is 11.8 Å². The summed E-state index contributed by atoms with van der Waals surface area (Å²) >= 11 is 1.19. The first-order valence-electron chi connectivity index (χ1n) is 7.82. The van der Waals surface area contributed by atoms with E-state index in [1.165, 1.54) is 18.9 Å². The molecular weight excluding hydrogens is 342 g/mol. The first kappa shape index (κ1) is 18.9. The lowest BCUT2D eigenvalue weighted by atomic mass is 10.0. The molecule has 25 heavy (non-hydrogen) atoms. The number of hydrogen-bond acceptors (Lipinski definition) is 7. The van der Waals surface area contributed by atoms with Gasteiger partial charge in [-0.3, -0.25) is 14.9 Å². The normalized spacial score (nSPS) is 12.0. The predicted octanol–water partition coefficient (Wildman–Crippen LogP) is 1.66. The third-order valence-corrected chi connectivity index (χ3v) is 4.13. The molecule has 0 saturated carbocycles. The van der Waals surface area contributed by atoms with Crippen LogP contribution in [0, 0.1) is 5.92 Å². The number of carbonyl (C=O) groups excluding carboxylic acids is 2. The number of thioether (sulfide) groups is 1. The highest BCUT2D eigenvalue weighted by atomic mass is 32.2. The van der Waals surface area contributed by atoms with Gasteiger partial charge in [0, 0.05) is 18.0 Å². The number of nitrogens with one attached hydrogen (secondary N) is 2. The van der Waals surface area contributed by atoms with E-state index in [0.717, 1.165) is 5.56 Å². The molecule has 8 nitrogen and oxygen atoms in total. The molecule has 0 aromatic carbocycles. The average Bonchev–Trinajstić information content (AvgIpc) is 3.08. The van der Waals surface area contributed by atoms with Crippen molar-refractivity contribution < 1.29 is 14.3 Å². The smallest absolute Gasteiger partial charge is 0.328 e. The van der Waals surface area contributed by atoms with Gasteiger partial charge in [-0.2, -0.15) is 0 Å². The van der Waals surface area contributed by atoms with Crippen LogP contribution in [0.15, 0.2) is 29.7 Å². The van der Waals surface area contributed by atoms with Gasteiger partial charge in [0.05, 0.1) is 12.9 Å². The van der Waals surface area contributed by atoms with Gasteiger partial charge in [-0.05, 0) is 24.5 Å². The maximum Gasteiger partial charge on any atom is 0.328 e. The molecule has 134 valence electrons. The van der Waals surface area contributed by atoms with Gasteiger partial charge < -0.3 is 10.1 Å². The van der Waals surface area contributed by atoms with Gasteiger partial charge in [-0.15, -0.1) is 5.10 Å². The Balaban J connectivity index is 1.89. The van der Waals surface area contributed by atoms with Crippen molar-refractivity contribution in [3.63, 3.8) is 0 Å². The summed E-state index contributed by atoms with van der Waals surface area (Å²) in [4.78, 5) is 32.1. The van der Waals surface area contributed by atoms with E-state index in [-0.39, 0.29) is 17.6 Å². The Hall–Kier alpha value is -2.42. The quantitative estimate of drug-likeness (QED) is 0.542. The zero-order valence-electron chi connectivity index (χ0n) is 14.4. The van der Waals surface area contributed by atoms with Crippen molar-refractivity contribution >= 4 is 23.6 Å². The molecule has 0 aliphatic rings. The van der Waals surface area contributed by atoms with Crippen molar-refractivity contribution in [3.8, 4) is 11.4 Å². The lowest BCUT2D eigenvalue weighted by Crippen LogP contribution is -2.43. The van der Waals surface area contributed by atoms with Gasteiger partial charge in [0.25, 0.3) is 0 Å². The number of esters is 1. The van der Waals surface area contributed by atoms with Crippen LogP contribution in [0.1, 0.15) is 20.3 Å². The van der Waals surface area contributed by atoms with Crippen LogP contribution in [0.3, 0.4) is 0 Å². The maximum absolute atomic E-state index is 12.1. The second-order valence-electron chi connectivity index (χ2n) is 5.76. The lowest BCUT2D eigenvalue weighted by Gasteiger charge is -2.17. The minimum absolute atomic E-state index is 0.110. The largest absolute Gasteiger partial charge is 0.467 e. The molecule has 1 atom stereocenters. The van der Waals surface area contributed by atoms with Gasteiger partial charge in [0.1, 0.15) is 6.04 Å². The second-order valence-corrected chi connectivity index (χ2v) is 6.71. The molecule has 2 rings (SSSR count). The van der Waals surface area contributed by atoms with Crippen LogP contribution in [-0.4, -0.2) is 50.9 Å². The summed E-state index contributed by atoms with van der Waals surface area (Å²) in [5.74, 6) is 0.269. The predicted molar refractivity (Wildman–Crippen MR) is 93.7 cm³/mol. The molecule has 0 radical (unpaired) electrons. The Kier molecular flexibility index (Phi) is 6.93. The van der Waals surface area contributed by atoms with E-state index in [2.05, 4.69) is 25.5 Å². The molecule has 2 aromatic rings. The number of amides is 1. The number of methoxy groups -OCH3 is 1. The minimum Gasteiger partial charge on any atom is -0.467 e. The van der Waals surface area contributed by atoms with Crippen molar-refractivity contribution in [3.05, 3.63) is 24.5 Å². The highest BCUT2D eigenvalue weighted by Gasteiger charge is 2.22. The van der Waals surface area contributed by atoms with E-state index in [1.54, 1.807) is 12.4 Å². The molecule has 0 spiro atoms. The Morgan fingerprint density at radius 3 is 2.68 bits per heavy atom.